The van der Waals surface area contributed by atoms with E-state index in [4.69, 9.17) is 9.97 Å². The smallest absolute Gasteiger partial charge is 0.346 e. The van der Waals surface area contributed by atoms with Gasteiger partial charge in [-0.05, 0) is 153 Å². The molecule has 0 unspecified atom stereocenters. The quantitative estimate of drug-likeness (QED) is 0.101. The molecular weight excluding hydrogens is 1240 g/mol. The summed E-state index contributed by atoms with van der Waals surface area (Å²) in [7, 11) is 0. The third-order valence-corrected chi connectivity index (χ3v) is 14.8. The first kappa shape index (κ1) is 56.6. The van der Waals surface area contributed by atoms with Gasteiger partial charge >= 0.3 is 21.1 Å². The molecule has 0 saturated carbocycles. The molecule has 4 heterocycles. The monoisotopic (exact) mass is 1300 g/mol. The van der Waals surface area contributed by atoms with Crippen LogP contribution in [0.3, 0.4) is 0 Å². The molecule has 0 N–H and O–H groups in total. The molecule has 10 aromatic carbocycles. The van der Waals surface area contributed by atoms with Crippen molar-refractivity contribution in [1.29, 1.82) is 0 Å². The van der Waals surface area contributed by atoms with Crippen LogP contribution in [-0.2, 0) is 21.1 Å². The summed E-state index contributed by atoms with van der Waals surface area (Å²) in [5.74, 6) is 0. The Bertz CT molecular complexity index is 3700. The summed E-state index contributed by atoms with van der Waals surface area (Å²) in [6.45, 7) is 0. The molecule has 0 aliphatic carbocycles. The van der Waals surface area contributed by atoms with E-state index < -0.39 is 0 Å². The Labute approximate surface area is 523 Å². The van der Waals surface area contributed by atoms with E-state index in [0.29, 0.717) is 0 Å². The molecule has 4 aromatic heterocycles. The van der Waals surface area contributed by atoms with Gasteiger partial charge in [0.2, 0.25) is 0 Å². The van der Waals surface area contributed by atoms with Crippen molar-refractivity contribution < 1.29 is 21.1 Å². The maximum Gasteiger partial charge on any atom is 2.00 e. The summed E-state index contributed by atoms with van der Waals surface area (Å²) >= 11 is 0. The normalized spacial score (nSPS) is 10.7. The Morgan fingerprint density at radius 1 is 0.207 bits per heavy atom. The van der Waals surface area contributed by atoms with E-state index in [9.17, 15) is 0 Å². The number of rotatable bonds is 14. The third-order valence-electron chi connectivity index (χ3n) is 14.8. The van der Waals surface area contributed by atoms with Crippen LogP contribution in [0.1, 0.15) is 0 Å². The number of hydrogen-bond acceptors (Lipinski definition) is 6. The van der Waals surface area contributed by atoms with Crippen molar-refractivity contribution in [3.63, 3.8) is 0 Å². The van der Waals surface area contributed by atoms with Gasteiger partial charge in [-0.3, -0.25) is 9.97 Å². The number of aromatic nitrogens is 4. The van der Waals surface area contributed by atoms with Gasteiger partial charge < -0.3 is 19.8 Å². The van der Waals surface area contributed by atoms with Gasteiger partial charge in [-0.15, -0.1) is 47.5 Å². The number of hydrogen-bond donors (Lipinski definition) is 0. The van der Waals surface area contributed by atoms with Gasteiger partial charge in [0.05, 0.1) is 11.4 Å². The summed E-state index contributed by atoms with van der Waals surface area (Å²) in [6, 6.07) is 117. The average molecular weight is 1300 g/mol. The molecule has 14 aromatic rings. The Morgan fingerprint density at radius 3 is 0.805 bits per heavy atom. The minimum atomic E-state index is 0. The van der Waals surface area contributed by atoms with Crippen molar-refractivity contribution in [2.24, 2.45) is 0 Å². The topological polar surface area (TPSA) is 58.0 Å². The molecule has 0 atom stereocenters. The van der Waals surface area contributed by atoms with Crippen LogP contribution in [0.25, 0.3) is 89.5 Å². The Balaban J connectivity index is 0.000000168. The molecule has 0 radical (unpaired) electrons. The van der Waals surface area contributed by atoms with E-state index in [1.165, 1.54) is 0 Å². The van der Waals surface area contributed by atoms with Crippen LogP contribution in [0.15, 0.2) is 340 Å². The molecule has 0 aliphatic rings. The largest absolute Gasteiger partial charge is 2.00 e. The van der Waals surface area contributed by atoms with E-state index in [0.717, 1.165) is 124 Å². The molecule has 14 rings (SSSR count). The number of para-hydroxylation sites is 2. The summed E-state index contributed by atoms with van der Waals surface area (Å²) in [4.78, 5) is 23.3. The zero-order valence-electron chi connectivity index (χ0n) is 47.3. The fourth-order valence-corrected chi connectivity index (χ4v) is 10.7. The molecule has 0 aliphatic heterocycles. The van der Waals surface area contributed by atoms with E-state index >= 15 is 0 Å². The summed E-state index contributed by atoms with van der Waals surface area (Å²) in [5, 5.41) is 0. The fraction of sp³-hybridized carbons (Fsp3) is 0. The van der Waals surface area contributed by atoms with Crippen molar-refractivity contribution in [3.05, 3.63) is 352 Å². The molecule has 0 amide bonds. The van der Waals surface area contributed by atoms with Crippen molar-refractivity contribution >= 4 is 34.1 Å². The van der Waals surface area contributed by atoms with Gasteiger partial charge in [-0.2, -0.15) is 0 Å². The molecule has 0 saturated heterocycles. The Kier molecular flexibility index (Phi) is 17.7. The maximum atomic E-state index is 4.71. The van der Waals surface area contributed by atoms with Crippen LogP contribution in [-0.4, -0.2) is 19.9 Å². The third kappa shape index (κ3) is 13.4. The molecule has 0 fully saturated rings. The first-order chi connectivity index (χ1) is 42.6. The van der Waals surface area contributed by atoms with Gasteiger partial charge in [-0.25, -0.2) is 0 Å². The second-order valence-corrected chi connectivity index (χ2v) is 20.5. The number of nitrogens with zero attached hydrogens (tertiary/aromatic N) is 6. The Morgan fingerprint density at radius 2 is 0.483 bits per heavy atom. The van der Waals surface area contributed by atoms with Crippen molar-refractivity contribution in [2.45, 2.75) is 0 Å². The summed E-state index contributed by atoms with van der Waals surface area (Å²) in [6.07, 6.45) is 7.34. The van der Waals surface area contributed by atoms with E-state index in [1.807, 2.05) is 104 Å². The fourth-order valence-electron chi connectivity index (χ4n) is 10.7. The standard InChI is InChI=1S/C40H29N3.C40H27N3.Pt/c2*1-4-14-30(15-5-1)32-24-34(39-20-10-12-22-41-39)28-37(26-32)43(36-18-8-3-9-19-36)38-27-33(31-16-6-2-7-17-31)25-35(29-38)40-21-11-13-23-42-40;/h1-29H;1-27H;/q;-2;+2. The zero-order valence-corrected chi connectivity index (χ0v) is 49.6. The number of benzene rings is 10. The predicted octanol–water partition coefficient (Wildman–Crippen LogP) is 20.8. The Hall–Kier alpha value is -10.9. The average Bonchev–Trinajstić information content (AvgIpc) is 2.52. The van der Waals surface area contributed by atoms with Crippen LogP contribution in [0.5, 0.6) is 0 Å². The van der Waals surface area contributed by atoms with Gasteiger partial charge in [0.15, 0.2) is 0 Å². The molecule has 6 nitrogen and oxygen atoms in total. The first-order valence-electron chi connectivity index (χ1n) is 28.7. The van der Waals surface area contributed by atoms with E-state index in [1.54, 1.807) is 0 Å². The van der Waals surface area contributed by atoms with Crippen LogP contribution >= 0.6 is 0 Å². The predicted molar refractivity (Wildman–Crippen MR) is 355 cm³/mol. The van der Waals surface area contributed by atoms with E-state index in [-0.39, 0.29) is 21.1 Å². The van der Waals surface area contributed by atoms with Crippen LogP contribution < -0.4 is 9.80 Å². The van der Waals surface area contributed by atoms with Crippen molar-refractivity contribution in [2.75, 3.05) is 9.80 Å². The van der Waals surface area contributed by atoms with Gasteiger partial charge in [-0.1, -0.05) is 205 Å². The van der Waals surface area contributed by atoms with Crippen molar-refractivity contribution in [3.8, 4) is 89.5 Å². The van der Waals surface area contributed by atoms with Crippen LogP contribution in [0.2, 0.25) is 0 Å². The van der Waals surface area contributed by atoms with Crippen LogP contribution in [0.4, 0.5) is 34.1 Å². The van der Waals surface area contributed by atoms with Crippen molar-refractivity contribution in [1.82, 2.24) is 19.9 Å². The summed E-state index contributed by atoms with van der Waals surface area (Å²) in [5.41, 5.74) is 22.5. The van der Waals surface area contributed by atoms with Gasteiger partial charge in [0.25, 0.3) is 0 Å². The van der Waals surface area contributed by atoms with Gasteiger partial charge in [0.1, 0.15) is 0 Å². The maximum absolute atomic E-state index is 4.71. The second-order valence-electron chi connectivity index (χ2n) is 20.5. The minimum Gasteiger partial charge on any atom is -0.346 e. The molecule has 87 heavy (non-hydrogen) atoms. The molecular formula is C80H56N6Pt. The molecule has 0 bridgehead atoms. The summed E-state index contributed by atoms with van der Waals surface area (Å²) < 4.78 is 0. The molecule has 7 heteroatoms. The molecule has 0 spiro atoms. The SMILES string of the molecule is [Pt+2].[c-]1c(-c2ccccn2)cc(-c2ccccc2)cc1N(c1[c-]c(-c2ccccn2)cc(-c2ccccc2)c1)c1ccccc1.c1ccc(-c2cc(-c3ccccn3)cc(N(c3ccccc3)c3cc(-c4ccccc4)cc(-c4ccccn4)c3)c2)cc1. The molecule has 416 valence electrons. The van der Waals surface area contributed by atoms with E-state index in [2.05, 4.69) is 268 Å². The zero-order chi connectivity index (χ0) is 57.7. The number of anilines is 6. The second kappa shape index (κ2) is 27.2. The van der Waals surface area contributed by atoms with Crippen LogP contribution in [0, 0.1) is 12.1 Å². The van der Waals surface area contributed by atoms with Gasteiger partial charge in [0, 0.05) is 58.7 Å². The minimum absolute atomic E-state index is 0. The first-order valence-corrected chi connectivity index (χ1v) is 28.7. The number of pyridine rings is 4.